The number of halogens is 6. The van der Waals surface area contributed by atoms with E-state index in [1.54, 1.807) is 4.90 Å². The maximum absolute atomic E-state index is 13.7. The van der Waals surface area contributed by atoms with Crippen molar-refractivity contribution in [2.75, 3.05) is 62.4 Å². The molecule has 0 fully saturated rings. The molecule has 0 saturated carbocycles. The lowest BCUT2D eigenvalue weighted by molar-refractivity contribution is -0.141. The van der Waals surface area contributed by atoms with E-state index in [9.17, 15) is 26.3 Å². The third kappa shape index (κ3) is 6.85. The number of anilines is 4. The summed E-state index contributed by atoms with van der Waals surface area (Å²) in [5.74, 6) is 0.600. The highest BCUT2D eigenvalue weighted by Crippen LogP contribution is 2.36. The van der Waals surface area contributed by atoms with Crippen molar-refractivity contribution in [3.05, 3.63) is 59.2 Å². The Labute approximate surface area is 221 Å². The van der Waals surface area contributed by atoms with Crippen molar-refractivity contribution >= 4 is 23.3 Å². The fourth-order valence-electron chi connectivity index (χ4n) is 4.16. The van der Waals surface area contributed by atoms with E-state index in [0.29, 0.717) is 42.4 Å². The standard InChI is InChI=1S/C25H28F6N8/c1-37(2)13-14-38(3)23-35-19-9-12-39(22-18(24(26,27)28)5-4-10-32-22)11-8-17(19)21(36-23)34-16-6-7-20(33-15-16)25(29,30)31/h4-7,10,15H,8-9,11-14H2,1-3H3,(H,34,35,36). The van der Waals surface area contributed by atoms with E-state index in [-0.39, 0.29) is 24.6 Å². The Balaban J connectivity index is 1.68. The molecule has 8 nitrogen and oxygen atoms in total. The van der Waals surface area contributed by atoms with Crippen LogP contribution in [0.2, 0.25) is 0 Å². The van der Waals surface area contributed by atoms with Crippen LogP contribution in [0.5, 0.6) is 0 Å². The number of alkyl halides is 6. The molecule has 39 heavy (non-hydrogen) atoms. The molecule has 3 aromatic rings. The molecule has 0 bridgehead atoms. The Bertz CT molecular complexity index is 1280. The minimum absolute atomic E-state index is 0.157. The van der Waals surface area contributed by atoms with Crippen LogP contribution < -0.4 is 15.1 Å². The summed E-state index contributed by atoms with van der Waals surface area (Å²) in [5.41, 5.74) is -0.237. The van der Waals surface area contributed by atoms with Gasteiger partial charge in [-0.1, -0.05) is 0 Å². The maximum Gasteiger partial charge on any atom is 0.433 e. The second-order valence-electron chi connectivity index (χ2n) is 9.44. The Kier molecular flexibility index (Phi) is 8.14. The number of pyridine rings is 2. The SMILES string of the molecule is CN(C)CCN(C)c1nc2c(c(Nc3ccc(C(F)(F)F)nc3)n1)CCN(c1ncccc1C(F)(F)F)CC2. The van der Waals surface area contributed by atoms with Gasteiger partial charge in [0.2, 0.25) is 5.95 Å². The maximum atomic E-state index is 13.7. The molecule has 0 amide bonds. The van der Waals surface area contributed by atoms with Gasteiger partial charge < -0.3 is 20.0 Å². The van der Waals surface area contributed by atoms with Gasteiger partial charge in [0.25, 0.3) is 0 Å². The van der Waals surface area contributed by atoms with Crippen LogP contribution in [-0.4, -0.2) is 72.2 Å². The molecule has 1 N–H and O–H groups in total. The number of fused-ring (bicyclic) bond motifs is 1. The molecule has 0 unspecified atom stereocenters. The highest BCUT2D eigenvalue weighted by molar-refractivity contribution is 5.62. The number of hydrogen-bond acceptors (Lipinski definition) is 8. The van der Waals surface area contributed by atoms with Gasteiger partial charge in [-0.05, 0) is 44.8 Å². The zero-order valence-corrected chi connectivity index (χ0v) is 21.6. The van der Waals surface area contributed by atoms with Crippen molar-refractivity contribution in [2.45, 2.75) is 25.2 Å². The second-order valence-corrected chi connectivity index (χ2v) is 9.44. The molecule has 0 atom stereocenters. The predicted octanol–water partition coefficient (Wildman–Crippen LogP) is 4.65. The van der Waals surface area contributed by atoms with Gasteiger partial charge >= 0.3 is 12.4 Å². The molecule has 0 aliphatic carbocycles. The lowest BCUT2D eigenvalue weighted by Gasteiger charge is -2.24. The van der Waals surface area contributed by atoms with Gasteiger partial charge in [0.1, 0.15) is 17.3 Å². The number of aromatic nitrogens is 4. The molecular weight excluding hydrogens is 526 g/mol. The van der Waals surface area contributed by atoms with Crippen LogP contribution in [0, 0.1) is 0 Å². The van der Waals surface area contributed by atoms with Crippen molar-refractivity contribution in [2.24, 2.45) is 0 Å². The lowest BCUT2D eigenvalue weighted by atomic mass is 10.1. The second kappa shape index (κ2) is 11.2. The van der Waals surface area contributed by atoms with Gasteiger partial charge in [0, 0.05) is 51.4 Å². The van der Waals surface area contributed by atoms with Gasteiger partial charge in [0.15, 0.2) is 0 Å². The first-order valence-electron chi connectivity index (χ1n) is 12.2. The van der Waals surface area contributed by atoms with Crippen LogP contribution in [-0.2, 0) is 25.2 Å². The molecule has 3 aromatic heterocycles. The summed E-state index contributed by atoms with van der Waals surface area (Å²) >= 11 is 0. The van der Waals surface area contributed by atoms with E-state index in [4.69, 9.17) is 4.98 Å². The van der Waals surface area contributed by atoms with E-state index in [1.165, 1.54) is 18.3 Å². The fourth-order valence-corrected chi connectivity index (χ4v) is 4.16. The molecule has 0 aromatic carbocycles. The van der Waals surface area contributed by atoms with E-state index >= 15 is 0 Å². The molecule has 4 rings (SSSR count). The van der Waals surface area contributed by atoms with E-state index in [0.717, 1.165) is 24.9 Å². The third-order valence-electron chi connectivity index (χ3n) is 6.26. The minimum atomic E-state index is -4.57. The Hall–Kier alpha value is -3.68. The number of nitrogens with zero attached hydrogens (tertiary/aromatic N) is 7. The smallest absolute Gasteiger partial charge is 0.355 e. The van der Waals surface area contributed by atoms with E-state index in [2.05, 4.69) is 20.3 Å². The number of likely N-dealkylation sites (N-methyl/N-ethyl adjacent to an activating group) is 2. The van der Waals surface area contributed by atoms with Crippen LogP contribution in [0.3, 0.4) is 0 Å². The van der Waals surface area contributed by atoms with Crippen LogP contribution in [0.25, 0.3) is 0 Å². The average molecular weight is 555 g/mol. The molecule has 0 radical (unpaired) electrons. The van der Waals surface area contributed by atoms with Crippen molar-refractivity contribution in [1.29, 1.82) is 0 Å². The van der Waals surface area contributed by atoms with Crippen LogP contribution in [0.4, 0.5) is 49.6 Å². The molecule has 14 heteroatoms. The summed E-state index contributed by atoms with van der Waals surface area (Å²) < 4.78 is 79.9. The predicted molar refractivity (Wildman–Crippen MR) is 135 cm³/mol. The Morgan fingerprint density at radius 1 is 0.897 bits per heavy atom. The quantitative estimate of drug-likeness (QED) is 0.424. The lowest BCUT2D eigenvalue weighted by Crippen LogP contribution is -2.30. The number of nitrogens with one attached hydrogen (secondary N) is 1. The molecule has 0 saturated heterocycles. The largest absolute Gasteiger partial charge is 0.433 e. The Morgan fingerprint density at radius 2 is 1.64 bits per heavy atom. The number of hydrogen-bond donors (Lipinski definition) is 1. The summed E-state index contributed by atoms with van der Waals surface area (Å²) in [4.78, 5) is 22.3. The van der Waals surface area contributed by atoms with Crippen molar-refractivity contribution in [3.8, 4) is 0 Å². The normalized spacial score (nSPS) is 14.3. The van der Waals surface area contributed by atoms with Gasteiger partial charge in [-0.3, -0.25) is 0 Å². The van der Waals surface area contributed by atoms with Gasteiger partial charge in [0.05, 0.1) is 23.1 Å². The molecular formula is C25H28F6N8. The zero-order valence-electron chi connectivity index (χ0n) is 21.6. The Morgan fingerprint density at radius 3 is 2.28 bits per heavy atom. The molecule has 0 spiro atoms. The molecule has 1 aliphatic heterocycles. The van der Waals surface area contributed by atoms with E-state index < -0.39 is 23.6 Å². The molecule has 4 heterocycles. The summed E-state index contributed by atoms with van der Waals surface area (Å²) in [6.45, 7) is 1.77. The monoisotopic (exact) mass is 554 g/mol. The van der Waals surface area contributed by atoms with Crippen LogP contribution in [0.1, 0.15) is 22.5 Å². The van der Waals surface area contributed by atoms with Crippen LogP contribution in [0.15, 0.2) is 36.7 Å². The van der Waals surface area contributed by atoms with Gasteiger partial charge in [-0.2, -0.15) is 31.3 Å². The first-order valence-corrected chi connectivity index (χ1v) is 12.2. The fraction of sp³-hybridized carbons (Fsp3) is 0.440. The van der Waals surface area contributed by atoms with Crippen molar-refractivity contribution in [3.63, 3.8) is 0 Å². The van der Waals surface area contributed by atoms with Crippen LogP contribution >= 0.6 is 0 Å². The summed E-state index contributed by atoms with van der Waals surface area (Å²) in [6, 6.07) is 4.38. The summed E-state index contributed by atoms with van der Waals surface area (Å²) in [5, 5.41) is 3.06. The topological polar surface area (TPSA) is 73.3 Å². The van der Waals surface area contributed by atoms with Gasteiger partial charge in [-0.25, -0.2) is 15.0 Å². The average Bonchev–Trinajstić information content (AvgIpc) is 3.09. The van der Waals surface area contributed by atoms with E-state index in [1.807, 2.05) is 30.9 Å². The van der Waals surface area contributed by atoms with Crippen molar-refractivity contribution in [1.82, 2.24) is 24.8 Å². The highest BCUT2D eigenvalue weighted by atomic mass is 19.4. The zero-order chi connectivity index (χ0) is 28.4. The van der Waals surface area contributed by atoms with Crippen molar-refractivity contribution < 1.29 is 26.3 Å². The third-order valence-corrected chi connectivity index (χ3v) is 6.26. The first kappa shape index (κ1) is 28.3. The summed E-state index contributed by atoms with van der Waals surface area (Å²) in [6.07, 6.45) is -6.13. The summed E-state index contributed by atoms with van der Waals surface area (Å²) in [7, 11) is 5.68. The highest BCUT2D eigenvalue weighted by Gasteiger charge is 2.36. The first-order chi connectivity index (χ1) is 18.3. The van der Waals surface area contributed by atoms with Gasteiger partial charge in [-0.15, -0.1) is 0 Å². The number of rotatable bonds is 7. The minimum Gasteiger partial charge on any atom is -0.355 e. The molecule has 210 valence electrons. The molecule has 1 aliphatic rings.